The minimum absolute atomic E-state index is 0.245. The third-order valence-electron chi connectivity index (χ3n) is 5.81. The number of benzene rings is 2. The third kappa shape index (κ3) is 4.41. The maximum Gasteiger partial charge on any atom is 0.203 e. The summed E-state index contributed by atoms with van der Waals surface area (Å²) in [6.45, 7) is 0.810. The molecule has 4 rings (SSSR count). The van der Waals surface area contributed by atoms with Gasteiger partial charge in [0.1, 0.15) is 16.5 Å². The molecule has 1 aliphatic rings. The van der Waals surface area contributed by atoms with E-state index in [2.05, 4.69) is 0 Å². The smallest absolute Gasteiger partial charge is 0.203 e. The Kier molecular flexibility index (Phi) is 6.94. The van der Waals surface area contributed by atoms with Crippen molar-refractivity contribution in [3.05, 3.63) is 47.3 Å². The lowest BCUT2D eigenvalue weighted by Crippen LogP contribution is -2.39. The van der Waals surface area contributed by atoms with E-state index in [1.165, 1.54) is 18.4 Å². The van der Waals surface area contributed by atoms with Gasteiger partial charge in [0.25, 0.3) is 0 Å². The average molecular weight is 511 g/mol. The fraction of sp³-hybridized carbons (Fsp3) is 0.348. The molecule has 7 nitrogen and oxygen atoms in total. The molecule has 0 bridgehead atoms. The summed E-state index contributed by atoms with van der Waals surface area (Å²) in [5, 5.41) is 1.77. The highest BCUT2D eigenvalue weighted by Crippen LogP contribution is 2.42. The Morgan fingerprint density at radius 3 is 2.12 bits per heavy atom. The second-order valence-corrected chi connectivity index (χ2v) is 10.7. The number of thiazole rings is 1. The second kappa shape index (κ2) is 9.75. The van der Waals surface area contributed by atoms with Crippen LogP contribution in [0.4, 0.5) is 13.9 Å². The number of piperidine rings is 1. The molecule has 2 heterocycles. The van der Waals surface area contributed by atoms with E-state index in [-0.39, 0.29) is 12.8 Å². The summed E-state index contributed by atoms with van der Waals surface area (Å²) in [6, 6.07) is 6.70. The van der Waals surface area contributed by atoms with Crippen molar-refractivity contribution in [3.63, 3.8) is 0 Å². The van der Waals surface area contributed by atoms with Crippen LogP contribution in [-0.4, -0.2) is 53.1 Å². The normalized spacial score (nSPS) is 14.8. The fourth-order valence-electron chi connectivity index (χ4n) is 4.05. The van der Waals surface area contributed by atoms with Crippen molar-refractivity contribution < 1.29 is 31.4 Å². The number of halogens is 2. The molecular formula is C23H24F2N2O5S2. The first-order valence-corrected chi connectivity index (χ1v) is 12.9. The Bertz CT molecular complexity index is 1240. The van der Waals surface area contributed by atoms with Gasteiger partial charge < -0.3 is 19.1 Å². The predicted molar refractivity (Wildman–Crippen MR) is 126 cm³/mol. The van der Waals surface area contributed by atoms with Gasteiger partial charge in [-0.25, -0.2) is 22.2 Å². The number of methoxy groups -OCH3 is 3. The summed E-state index contributed by atoms with van der Waals surface area (Å²) in [4.78, 5) is 5.85. The highest BCUT2D eigenvalue weighted by Gasteiger charge is 2.35. The molecule has 0 radical (unpaired) electrons. The lowest BCUT2D eigenvalue weighted by Gasteiger charge is -2.31. The van der Waals surface area contributed by atoms with Gasteiger partial charge in [-0.2, -0.15) is 0 Å². The van der Waals surface area contributed by atoms with E-state index in [9.17, 15) is 17.2 Å². The molecule has 1 fully saturated rings. The highest BCUT2D eigenvalue weighted by atomic mass is 32.2. The molecule has 0 aliphatic carbocycles. The molecular weight excluding hydrogens is 486 g/mol. The molecule has 0 atom stereocenters. The number of nitrogens with zero attached hydrogens (tertiary/aromatic N) is 2. The van der Waals surface area contributed by atoms with Gasteiger partial charge >= 0.3 is 0 Å². The van der Waals surface area contributed by atoms with Crippen molar-refractivity contribution in [1.82, 2.24) is 4.98 Å². The van der Waals surface area contributed by atoms with Crippen molar-refractivity contribution in [3.8, 4) is 28.5 Å². The monoisotopic (exact) mass is 510 g/mol. The molecule has 182 valence electrons. The Labute approximate surface area is 200 Å². The summed E-state index contributed by atoms with van der Waals surface area (Å²) >= 11 is 1.43. The van der Waals surface area contributed by atoms with Crippen LogP contribution in [0.15, 0.2) is 40.6 Å². The van der Waals surface area contributed by atoms with Crippen LogP contribution in [0.1, 0.15) is 12.8 Å². The largest absolute Gasteiger partial charge is 0.493 e. The van der Waals surface area contributed by atoms with Crippen LogP contribution >= 0.6 is 11.3 Å². The zero-order valence-corrected chi connectivity index (χ0v) is 20.5. The molecule has 0 spiro atoms. The van der Waals surface area contributed by atoms with Gasteiger partial charge in [0.2, 0.25) is 5.75 Å². The molecule has 0 amide bonds. The molecule has 34 heavy (non-hydrogen) atoms. The number of hydrogen-bond acceptors (Lipinski definition) is 8. The van der Waals surface area contributed by atoms with Gasteiger partial charge in [-0.3, -0.25) is 0 Å². The average Bonchev–Trinajstić information content (AvgIpc) is 3.33. The number of ether oxygens (including phenoxy) is 3. The van der Waals surface area contributed by atoms with E-state index >= 15 is 0 Å². The van der Waals surface area contributed by atoms with Crippen molar-refractivity contribution in [2.75, 3.05) is 39.3 Å². The zero-order valence-electron chi connectivity index (χ0n) is 18.9. The lowest BCUT2D eigenvalue weighted by atomic mass is 10.1. The molecule has 1 aromatic heterocycles. The van der Waals surface area contributed by atoms with Crippen LogP contribution in [0.5, 0.6) is 17.2 Å². The van der Waals surface area contributed by atoms with E-state index in [1.807, 2.05) is 22.4 Å². The molecule has 1 aliphatic heterocycles. The van der Waals surface area contributed by atoms with E-state index in [1.54, 1.807) is 14.2 Å². The maximum absolute atomic E-state index is 14.1. The Morgan fingerprint density at radius 2 is 1.59 bits per heavy atom. The Balaban J connectivity index is 1.52. The Hall–Kier alpha value is -2.92. The molecule has 0 saturated carbocycles. The number of anilines is 1. The molecule has 2 aromatic carbocycles. The highest BCUT2D eigenvalue weighted by molar-refractivity contribution is 7.92. The first kappa shape index (κ1) is 24.2. The summed E-state index contributed by atoms with van der Waals surface area (Å²) < 4.78 is 70.2. The van der Waals surface area contributed by atoms with E-state index < -0.39 is 31.6 Å². The van der Waals surface area contributed by atoms with Crippen LogP contribution in [0, 0.1) is 11.6 Å². The van der Waals surface area contributed by atoms with Crippen molar-refractivity contribution in [1.29, 1.82) is 0 Å². The van der Waals surface area contributed by atoms with E-state index in [4.69, 9.17) is 19.2 Å². The number of hydrogen-bond donors (Lipinski definition) is 0. The number of sulfone groups is 1. The van der Waals surface area contributed by atoms with E-state index in [0.29, 0.717) is 36.0 Å². The van der Waals surface area contributed by atoms with Crippen molar-refractivity contribution in [2.24, 2.45) is 0 Å². The third-order valence-corrected chi connectivity index (χ3v) is 9.02. The minimum Gasteiger partial charge on any atom is -0.493 e. The zero-order chi connectivity index (χ0) is 24.5. The van der Waals surface area contributed by atoms with Gasteiger partial charge in [0.15, 0.2) is 26.5 Å². The van der Waals surface area contributed by atoms with Gasteiger partial charge in [0.05, 0.1) is 32.3 Å². The fourth-order valence-corrected chi connectivity index (χ4v) is 6.78. The molecule has 3 aromatic rings. The summed E-state index contributed by atoms with van der Waals surface area (Å²) in [6.07, 6.45) is 0.490. The molecule has 0 N–H and O–H groups in total. The van der Waals surface area contributed by atoms with Gasteiger partial charge in [0, 0.05) is 24.0 Å². The Morgan fingerprint density at radius 1 is 1.00 bits per heavy atom. The predicted octanol–water partition coefficient (Wildman–Crippen LogP) is 4.56. The van der Waals surface area contributed by atoms with Crippen molar-refractivity contribution in [2.45, 2.75) is 23.0 Å². The van der Waals surface area contributed by atoms with Gasteiger partial charge in [-0.05, 0) is 37.1 Å². The minimum atomic E-state index is -4.12. The van der Waals surface area contributed by atoms with Gasteiger partial charge in [-0.15, -0.1) is 11.3 Å². The van der Waals surface area contributed by atoms with Gasteiger partial charge in [-0.1, -0.05) is 6.07 Å². The lowest BCUT2D eigenvalue weighted by molar-refractivity contribution is 0.324. The quantitative estimate of drug-likeness (QED) is 0.461. The number of aromatic nitrogens is 1. The second-order valence-electron chi connectivity index (χ2n) is 7.71. The molecule has 0 unspecified atom stereocenters. The number of rotatable bonds is 7. The van der Waals surface area contributed by atoms with Crippen LogP contribution in [0.3, 0.4) is 0 Å². The SMILES string of the molecule is COc1cc(-c2csc(N3CCC(S(=O)(=O)c4c(F)cccc4F)CC3)n2)cc(OC)c1OC. The standard InChI is InChI=1S/C23H24F2N2O5S2/c1-30-19-11-14(12-20(31-2)21(19)32-3)18-13-33-23(26-18)27-9-7-15(8-10-27)34(28,29)22-16(24)5-4-6-17(22)25/h4-6,11-13,15H,7-10H2,1-3H3. The molecule has 11 heteroatoms. The van der Waals surface area contributed by atoms with E-state index in [0.717, 1.165) is 28.9 Å². The topological polar surface area (TPSA) is 78.0 Å². The first-order chi connectivity index (χ1) is 16.3. The van der Waals surface area contributed by atoms with Crippen molar-refractivity contribution >= 4 is 26.3 Å². The first-order valence-electron chi connectivity index (χ1n) is 10.5. The maximum atomic E-state index is 14.1. The molecule has 1 saturated heterocycles. The summed E-state index contributed by atoms with van der Waals surface area (Å²) in [7, 11) is 0.492. The summed E-state index contributed by atoms with van der Waals surface area (Å²) in [5.74, 6) is -0.607. The van der Waals surface area contributed by atoms with Crippen LogP contribution in [0.25, 0.3) is 11.3 Å². The van der Waals surface area contributed by atoms with Crippen LogP contribution in [-0.2, 0) is 9.84 Å². The summed E-state index contributed by atoms with van der Waals surface area (Å²) in [5.41, 5.74) is 1.49. The van der Waals surface area contributed by atoms with Crippen LogP contribution < -0.4 is 19.1 Å². The van der Waals surface area contributed by atoms with Crippen LogP contribution in [0.2, 0.25) is 0 Å².